The number of carbonyl (C=O) groups excluding carboxylic acids is 1. The maximum absolute atomic E-state index is 12.2. The lowest BCUT2D eigenvalue weighted by atomic mass is 10.00. The number of carbonyl (C=O) groups is 1. The second kappa shape index (κ2) is 6.53. The van der Waals surface area contributed by atoms with Gasteiger partial charge in [-0.15, -0.1) is 0 Å². The lowest BCUT2D eigenvalue weighted by molar-refractivity contribution is 0.104. The lowest BCUT2D eigenvalue weighted by Gasteiger charge is -2.05. The Hall–Kier alpha value is -2.15. The van der Waals surface area contributed by atoms with Crippen LogP contribution >= 0.6 is 0 Å². The van der Waals surface area contributed by atoms with Gasteiger partial charge in [0.1, 0.15) is 0 Å². The summed E-state index contributed by atoms with van der Waals surface area (Å²) in [4.78, 5) is 12.2. The Morgan fingerprint density at radius 3 is 2.24 bits per heavy atom. The van der Waals surface area contributed by atoms with E-state index in [0.29, 0.717) is 5.92 Å². The van der Waals surface area contributed by atoms with Crippen molar-refractivity contribution in [1.29, 1.82) is 0 Å². The zero-order chi connectivity index (χ0) is 15.4. The van der Waals surface area contributed by atoms with Gasteiger partial charge in [0.15, 0.2) is 5.78 Å². The largest absolute Gasteiger partial charge is 0.289 e. The number of aryl methyl sites for hydroxylation is 2. The zero-order valence-corrected chi connectivity index (χ0v) is 13.2. The molecule has 0 aromatic heterocycles. The fourth-order valence-electron chi connectivity index (χ4n) is 2.34. The fraction of sp³-hybridized carbons (Fsp3) is 0.250. The van der Waals surface area contributed by atoms with Gasteiger partial charge in [0, 0.05) is 5.56 Å². The lowest BCUT2D eigenvalue weighted by Crippen LogP contribution is -1.98. The Kier molecular flexibility index (Phi) is 4.74. The first kappa shape index (κ1) is 15.2. The van der Waals surface area contributed by atoms with E-state index in [4.69, 9.17) is 0 Å². The van der Waals surface area contributed by atoms with Gasteiger partial charge in [-0.3, -0.25) is 4.79 Å². The van der Waals surface area contributed by atoms with Crippen molar-refractivity contribution in [2.75, 3.05) is 0 Å². The van der Waals surface area contributed by atoms with Crippen LogP contribution in [0.15, 0.2) is 48.5 Å². The molecular weight excluding hydrogens is 256 g/mol. The molecule has 0 amide bonds. The van der Waals surface area contributed by atoms with Crippen LogP contribution in [0.1, 0.15) is 52.4 Å². The van der Waals surface area contributed by atoms with Crippen LogP contribution in [0.25, 0.3) is 6.08 Å². The van der Waals surface area contributed by atoms with E-state index >= 15 is 0 Å². The number of ketones is 1. The molecule has 2 aromatic carbocycles. The van der Waals surface area contributed by atoms with Crippen LogP contribution in [-0.2, 0) is 0 Å². The molecule has 2 aromatic rings. The van der Waals surface area contributed by atoms with Crippen LogP contribution in [0.2, 0.25) is 0 Å². The summed E-state index contributed by atoms with van der Waals surface area (Å²) in [6, 6.07) is 14.3. The summed E-state index contributed by atoms with van der Waals surface area (Å²) in [7, 11) is 0. The van der Waals surface area contributed by atoms with E-state index in [9.17, 15) is 4.79 Å². The van der Waals surface area contributed by atoms with Gasteiger partial charge in [0.2, 0.25) is 0 Å². The van der Waals surface area contributed by atoms with Crippen LogP contribution < -0.4 is 0 Å². The average molecular weight is 278 g/mol. The predicted molar refractivity (Wildman–Crippen MR) is 89.8 cm³/mol. The summed E-state index contributed by atoms with van der Waals surface area (Å²) in [5.74, 6) is 0.584. The Morgan fingerprint density at radius 1 is 1.00 bits per heavy atom. The average Bonchev–Trinajstić information content (AvgIpc) is 2.45. The Bertz CT molecular complexity index is 661. The second-order valence-electron chi connectivity index (χ2n) is 5.84. The maximum atomic E-state index is 12.2. The molecule has 0 heterocycles. The fourth-order valence-corrected chi connectivity index (χ4v) is 2.34. The molecule has 0 aliphatic heterocycles. The number of hydrogen-bond acceptors (Lipinski definition) is 1. The first-order valence-corrected chi connectivity index (χ1v) is 7.37. The molecule has 0 spiro atoms. The standard InChI is InChI=1S/C20H22O/c1-14(2)18-9-6-17(7-10-18)8-12-20(21)19-11-5-15(3)13-16(19)4/h5-14H,1-4H3/b12-8+. The molecule has 108 valence electrons. The van der Waals surface area contributed by atoms with Gasteiger partial charge in [-0.2, -0.15) is 0 Å². The van der Waals surface area contributed by atoms with Crippen LogP contribution in [0.4, 0.5) is 0 Å². The second-order valence-corrected chi connectivity index (χ2v) is 5.84. The van der Waals surface area contributed by atoms with E-state index in [2.05, 4.69) is 38.1 Å². The van der Waals surface area contributed by atoms with E-state index in [1.807, 2.05) is 38.1 Å². The minimum absolute atomic E-state index is 0.0560. The predicted octanol–water partition coefficient (Wildman–Crippen LogP) is 5.32. The third-order valence-corrected chi connectivity index (χ3v) is 3.68. The summed E-state index contributed by atoms with van der Waals surface area (Å²) in [5.41, 5.74) is 5.35. The molecule has 1 nitrogen and oxygen atoms in total. The summed E-state index contributed by atoms with van der Waals surface area (Å²) in [5, 5.41) is 0. The van der Waals surface area contributed by atoms with Crippen molar-refractivity contribution < 1.29 is 4.79 Å². The molecule has 0 atom stereocenters. The molecule has 21 heavy (non-hydrogen) atoms. The normalized spacial score (nSPS) is 11.3. The molecule has 0 radical (unpaired) electrons. The van der Waals surface area contributed by atoms with Gasteiger partial charge >= 0.3 is 0 Å². The maximum Gasteiger partial charge on any atom is 0.186 e. The van der Waals surface area contributed by atoms with Gasteiger partial charge in [0.05, 0.1) is 0 Å². The van der Waals surface area contributed by atoms with E-state index in [-0.39, 0.29) is 5.78 Å². The minimum Gasteiger partial charge on any atom is -0.289 e. The number of allylic oxidation sites excluding steroid dienone is 1. The highest BCUT2D eigenvalue weighted by atomic mass is 16.1. The van der Waals surface area contributed by atoms with Crippen molar-refractivity contribution in [1.82, 2.24) is 0 Å². The first-order chi connectivity index (χ1) is 9.97. The van der Waals surface area contributed by atoms with Crippen LogP contribution in [0.5, 0.6) is 0 Å². The minimum atomic E-state index is 0.0560. The van der Waals surface area contributed by atoms with Gasteiger partial charge in [-0.1, -0.05) is 68.0 Å². The van der Waals surface area contributed by atoms with E-state index in [0.717, 1.165) is 16.7 Å². The molecule has 0 bridgehead atoms. The molecule has 2 rings (SSSR count). The Balaban J connectivity index is 2.15. The number of benzene rings is 2. The summed E-state index contributed by atoms with van der Waals surface area (Å²) >= 11 is 0. The molecule has 0 unspecified atom stereocenters. The summed E-state index contributed by atoms with van der Waals surface area (Å²) < 4.78 is 0. The molecule has 0 aliphatic carbocycles. The Labute approximate surface area is 127 Å². The van der Waals surface area contributed by atoms with Crippen molar-refractivity contribution in [3.8, 4) is 0 Å². The van der Waals surface area contributed by atoms with Gasteiger partial charge in [0.25, 0.3) is 0 Å². The quantitative estimate of drug-likeness (QED) is 0.546. The van der Waals surface area contributed by atoms with Crippen molar-refractivity contribution in [3.05, 3.63) is 76.4 Å². The Morgan fingerprint density at radius 2 is 1.67 bits per heavy atom. The summed E-state index contributed by atoms with van der Waals surface area (Å²) in [6.45, 7) is 8.36. The number of hydrogen-bond donors (Lipinski definition) is 0. The van der Waals surface area contributed by atoms with Gasteiger partial charge < -0.3 is 0 Å². The van der Waals surface area contributed by atoms with Crippen molar-refractivity contribution in [2.45, 2.75) is 33.6 Å². The van der Waals surface area contributed by atoms with Crippen molar-refractivity contribution in [2.24, 2.45) is 0 Å². The van der Waals surface area contributed by atoms with Crippen LogP contribution in [0.3, 0.4) is 0 Å². The highest BCUT2D eigenvalue weighted by Crippen LogP contribution is 2.16. The topological polar surface area (TPSA) is 17.1 Å². The zero-order valence-electron chi connectivity index (χ0n) is 13.2. The summed E-state index contributed by atoms with van der Waals surface area (Å²) in [6.07, 6.45) is 3.54. The molecule has 0 saturated heterocycles. The molecule has 1 heteroatoms. The van der Waals surface area contributed by atoms with Crippen LogP contribution in [0, 0.1) is 13.8 Å². The highest BCUT2D eigenvalue weighted by molar-refractivity contribution is 6.07. The van der Waals surface area contributed by atoms with E-state index < -0.39 is 0 Å². The molecular formula is C20H22O. The SMILES string of the molecule is Cc1ccc(C(=O)/C=C/c2ccc(C(C)C)cc2)c(C)c1. The first-order valence-electron chi connectivity index (χ1n) is 7.37. The van der Waals surface area contributed by atoms with Gasteiger partial charge in [-0.25, -0.2) is 0 Å². The molecule has 0 aliphatic rings. The smallest absolute Gasteiger partial charge is 0.186 e. The number of rotatable bonds is 4. The van der Waals surface area contributed by atoms with Crippen LogP contribution in [-0.4, -0.2) is 5.78 Å². The van der Waals surface area contributed by atoms with E-state index in [1.165, 1.54) is 11.1 Å². The van der Waals surface area contributed by atoms with Crippen molar-refractivity contribution in [3.63, 3.8) is 0 Å². The molecule has 0 saturated carbocycles. The third kappa shape index (κ3) is 3.91. The van der Waals surface area contributed by atoms with Crippen molar-refractivity contribution >= 4 is 11.9 Å². The monoisotopic (exact) mass is 278 g/mol. The van der Waals surface area contributed by atoms with Gasteiger partial charge in [-0.05, 0) is 42.5 Å². The third-order valence-electron chi connectivity index (χ3n) is 3.68. The molecule has 0 fully saturated rings. The van der Waals surface area contributed by atoms with E-state index in [1.54, 1.807) is 6.08 Å². The highest BCUT2D eigenvalue weighted by Gasteiger charge is 2.05. The molecule has 0 N–H and O–H groups in total.